The van der Waals surface area contributed by atoms with Gasteiger partial charge in [0, 0.05) is 35.7 Å². The highest BCUT2D eigenvalue weighted by atomic mass is 32.1. The predicted octanol–water partition coefficient (Wildman–Crippen LogP) is 1.26. The Bertz CT molecular complexity index is 1100. The van der Waals surface area contributed by atoms with Crippen LogP contribution in [0.4, 0.5) is 10.8 Å². The van der Waals surface area contributed by atoms with Crippen LogP contribution in [0.25, 0.3) is 11.3 Å². The third kappa shape index (κ3) is 4.76. The molecule has 27 heavy (non-hydrogen) atoms. The van der Waals surface area contributed by atoms with E-state index in [1.165, 1.54) is 18.3 Å². The van der Waals surface area contributed by atoms with Gasteiger partial charge in [0.1, 0.15) is 6.54 Å². The number of aromatic nitrogens is 3. The molecule has 138 valence electrons. The van der Waals surface area contributed by atoms with Crippen LogP contribution < -0.4 is 21.8 Å². The van der Waals surface area contributed by atoms with Gasteiger partial charge in [-0.15, -0.1) is 11.3 Å². The van der Waals surface area contributed by atoms with Crippen LogP contribution >= 0.6 is 11.3 Å². The van der Waals surface area contributed by atoms with Gasteiger partial charge in [0.15, 0.2) is 5.13 Å². The third-order valence-electron chi connectivity index (χ3n) is 3.44. The molecular formula is C17H15N5O4S. The number of H-pyrrole nitrogens is 1. The highest BCUT2D eigenvalue weighted by Crippen LogP contribution is 2.26. The van der Waals surface area contributed by atoms with E-state index in [-0.39, 0.29) is 12.5 Å². The van der Waals surface area contributed by atoms with Gasteiger partial charge >= 0.3 is 0 Å². The van der Waals surface area contributed by atoms with Crippen molar-refractivity contribution in [3.63, 3.8) is 0 Å². The first-order valence-electron chi connectivity index (χ1n) is 7.84. The molecule has 3 aromatic rings. The topological polar surface area (TPSA) is 126 Å². The highest BCUT2D eigenvalue weighted by molar-refractivity contribution is 7.14. The lowest BCUT2D eigenvalue weighted by Crippen LogP contribution is -2.32. The number of aromatic amines is 1. The Morgan fingerprint density at radius 2 is 1.85 bits per heavy atom. The number of carbonyl (C=O) groups excluding carboxylic acids is 2. The minimum Gasteiger partial charge on any atom is -0.326 e. The Kier molecular flexibility index (Phi) is 5.27. The van der Waals surface area contributed by atoms with Gasteiger partial charge in [-0.25, -0.2) is 9.67 Å². The largest absolute Gasteiger partial charge is 0.326 e. The van der Waals surface area contributed by atoms with Crippen molar-refractivity contribution >= 4 is 34.0 Å². The summed E-state index contributed by atoms with van der Waals surface area (Å²) < 4.78 is 0.924. The zero-order valence-electron chi connectivity index (χ0n) is 14.2. The Hall–Kier alpha value is -3.53. The summed E-state index contributed by atoms with van der Waals surface area (Å²) in [4.78, 5) is 50.3. The first kappa shape index (κ1) is 18.3. The van der Waals surface area contributed by atoms with Gasteiger partial charge < -0.3 is 10.6 Å². The second-order valence-electron chi connectivity index (χ2n) is 5.58. The Morgan fingerprint density at radius 3 is 2.56 bits per heavy atom. The monoisotopic (exact) mass is 385 g/mol. The Labute approximate surface area is 156 Å². The maximum Gasteiger partial charge on any atom is 0.265 e. The molecule has 3 rings (SSSR count). The van der Waals surface area contributed by atoms with Crippen molar-refractivity contribution < 1.29 is 9.59 Å². The van der Waals surface area contributed by atoms with Crippen molar-refractivity contribution in [2.24, 2.45) is 0 Å². The molecule has 0 spiro atoms. The molecule has 0 fully saturated rings. The number of nitrogens with zero attached hydrogens (tertiary/aromatic N) is 2. The minimum atomic E-state index is -0.485. The van der Waals surface area contributed by atoms with E-state index in [9.17, 15) is 19.2 Å². The maximum absolute atomic E-state index is 12.1. The van der Waals surface area contributed by atoms with E-state index in [0.717, 1.165) is 22.4 Å². The van der Waals surface area contributed by atoms with E-state index in [4.69, 9.17) is 0 Å². The standard InChI is InChI=1S/C17H15N5O4S/c1-10(23)18-12-4-2-11(3-5-12)13-9-27-17(19-13)20-15(25)8-22-16(26)7-6-14(24)21-22/h2-7,9H,8H2,1H3,(H,18,23)(H,21,24)(H,19,20,25). The number of anilines is 2. The molecule has 3 N–H and O–H groups in total. The molecule has 0 aliphatic heterocycles. The van der Waals surface area contributed by atoms with Gasteiger partial charge in [0.25, 0.3) is 11.1 Å². The molecule has 2 amide bonds. The summed E-state index contributed by atoms with van der Waals surface area (Å²) in [6.07, 6.45) is 0. The van der Waals surface area contributed by atoms with Gasteiger partial charge in [-0.3, -0.25) is 24.3 Å². The van der Waals surface area contributed by atoms with Gasteiger partial charge in [-0.1, -0.05) is 12.1 Å². The van der Waals surface area contributed by atoms with Crippen LogP contribution in [0.5, 0.6) is 0 Å². The zero-order valence-corrected chi connectivity index (χ0v) is 15.0. The SMILES string of the molecule is CC(=O)Nc1ccc(-c2csc(NC(=O)Cn3[nH]c(=O)ccc3=O)n2)cc1. The van der Waals surface area contributed by atoms with Crippen LogP contribution in [-0.2, 0) is 16.1 Å². The summed E-state index contributed by atoms with van der Waals surface area (Å²) in [5, 5.41) is 9.70. The zero-order chi connectivity index (χ0) is 19.4. The quantitative estimate of drug-likeness (QED) is 0.609. The van der Waals surface area contributed by atoms with E-state index in [1.807, 2.05) is 0 Å². The average Bonchev–Trinajstić information content (AvgIpc) is 3.06. The normalized spacial score (nSPS) is 10.4. The first-order valence-corrected chi connectivity index (χ1v) is 8.72. The lowest BCUT2D eigenvalue weighted by atomic mass is 10.1. The summed E-state index contributed by atoms with van der Waals surface area (Å²) in [7, 11) is 0. The lowest BCUT2D eigenvalue weighted by molar-refractivity contribution is -0.117. The molecule has 0 atom stereocenters. The fourth-order valence-corrected chi connectivity index (χ4v) is 3.01. The molecule has 0 saturated carbocycles. The van der Waals surface area contributed by atoms with E-state index >= 15 is 0 Å². The molecule has 2 heterocycles. The molecule has 0 aliphatic rings. The van der Waals surface area contributed by atoms with Crippen LogP contribution in [0.1, 0.15) is 6.92 Å². The van der Waals surface area contributed by atoms with Crippen molar-refractivity contribution in [2.45, 2.75) is 13.5 Å². The molecule has 10 heteroatoms. The van der Waals surface area contributed by atoms with E-state index in [0.29, 0.717) is 16.5 Å². The molecule has 0 radical (unpaired) electrons. The number of carbonyl (C=O) groups is 2. The van der Waals surface area contributed by atoms with E-state index < -0.39 is 17.0 Å². The molecule has 1 aromatic carbocycles. The van der Waals surface area contributed by atoms with Gasteiger partial charge in [0.05, 0.1) is 5.69 Å². The van der Waals surface area contributed by atoms with Gasteiger partial charge in [-0.05, 0) is 12.1 Å². The van der Waals surface area contributed by atoms with Crippen molar-refractivity contribution in [1.82, 2.24) is 14.8 Å². The maximum atomic E-state index is 12.1. The van der Waals surface area contributed by atoms with Crippen LogP contribution in [0.2, 0.25) is 0 Å². The van der Waals surface area contributed by atoms with Crippen LogP contribution in [0, 0.1) is 0 Å². The number of nitrogens with one attached hydrogen (secondary N) is 3. The summed E-state index contributed by atoms with van der Waals surface area (Å²) in [5.41, 5.74) is 1.21. The Balaban J connectivity index is 1.67. The minimum absolute atomic E-state index is 0.153. The third-order valence-corrected chi connectivity index (χ3v) is 4.20. The average molecular weight is 385 g/mol. The van der Waals surface area contributed by atoms with Crippen LogP contribution in [0.3, 0.4) is 0 Å². The Morgan fingerprint density at radius 1 is 1.11 bits per heavy atom. The summed E-state index contributed by atoms with van der Waals surface area (Å²) >= 11 is 1.23. The number of amides is 2. The fraction of sp³-hybridized carbons (Fsp3) is 0.118. The molecule has 9 nitrogen and oxygen atoms in total. The highest BCUT2D eigenvalue weighted by Gasteiger charge is 2.10. The second-order valence-corrected chi connectivity index (χ2v) is 6.44. The van der Waals surface area contributed by atoms with Crippen molar-refractivity contribution in [1.29, 1.82) is 0 Å². The van der Waals surface area contributed by atoms with Gasteiger partial charge in [0.2, 0.25) is 11.8 Å². The number of hydrogen-bond donors (Lipinski definition) is 3. The van der Waals surface area contributed by atoms with Crippen LogP contribution in [-0.4, -0.2) is 26.6 Å². The summed E-state index contributed by atoms with van der Waals surface area (Å²) in [6.45, 7) is 1.11. The van der Waals surface area contributed by atoms with E-state index in [2.05, 4.69) is 20.7 Å². The van der Waals surface area contributed by atoms with E-state index in [1.54, 1.807) is 29.6 Å². The predicted molar refractivity (Wildman–Crippen MR) is 102 cm³/mol. The van der Waals surface area contributed by atoms with Crippen molar-refractivity contribution in [3.05, 3.63) is 62.5 Å². The molecule has 0 bridgehead atoms. The van der Waals surface area contributed by atoms with Crippen LogP contribution in [0.15, 0.2) is 51.4 Å². The molecular weight excluding hydrogens is 370 g/mol. The van der Waals surface area contributed by atoms with Crippen molar-refractivity contribution in [3.8, 4) is 11.3 Å². The summed E-state index contributed by atoms with van der Waals surface area (Å²) in [5.74, 6) is -0.638. The first-order chi connectivity index (χ1) is 12.9. The molecule has 2 aromatic heterocycles. The fourth-order valence-electron chi connectivity index (χ4n) is 2.27. The molecule has 0 unspecified atom stereocenters. The van der Waals surface area contributed by atoms with Gasteiger partial charge in [-0.2, -0.15) is 0 Å². The second kappa shape index (κ2) is 7.79. The number of benzene rings is 1. The number of rotatable bonds is 5. The molecule has 0 saturated heterocycles. The van der Waals surface area contributed by atoms with Crippen molar-refractivity contribution in [2.75, 3.05) is 10.6 Å². The molecule has 0 aliphatic carbocycles. The smallest absolute Gasteiger partial charge is 0.265 e. The number of thiazole rings is 1. The number of hydrogen-bond acceptors (Lipinski definition) is 6. The lowest BCUT2D eigenvalue weighted by Gasteiger charge is -2.04. The summed E-state index contributed by atoms with van der Waals surface area (Å²) in [6, 6.07) is 9.32.